The van der Waals surface area contributed by atoms with Crippen LogP contribution in [0.5, 0.6) is 5.75 Å². The summed E-state index contributed by atoms with van der Waals surface area (Å²) in [6, 6.07) is 8.88. The summed E-state index contributed by atoms with van der Waals surface area (Å²) < 4.78 is 0. The molecule has 3 saturated heterocycles. The zero-order valence-corrected chi connectivity index (χ0v) is 18.8. The summed E-state index contributed by atoms with van der Waals surface area (Å²) in [7, 11) is 0. The van der Waals surface area contributed by atoms with E-state index in [0.29, 0.717) is 29.2 Å². The van der Waals surface area contributed by atoms with Crippen LogP contribution in [0, 0.1) is 0 Å². The zero-order valence-electron chi connectivity index (χ0n) is 18.8. The fraction of sp³-hybridized carbons (Fsp3) is 0.583. The molecule has 3 fully saturated rings. The number of benzene rings is 1. The third kappa shape index (κ3) is 4.27. The largest absolute Gasteiger partial charge is 0.507 e. The lowest BCUT2D eigenvalue weighted by molar-refractivity contribution is 0.0612. The molecule has 0 bridgehead atoms. The van der Waals surface area contributed by atoms with Crippen LogP contribution >= 0.6 is 0 Å². The molecular weight excluding hydrogens is 402 g/mol. The Hall–Kier alpha value is -2.42. The number of phenols is 1. The van der Waals surface area contributed by atoms with Crippen molar-refractivity contribution in [2.24, 2.45) is 11.5 Å². The lowest BCUT2D eigenvalue weighted by atomic mass is 10.0. The van der Waals surface area contributed by atoms with E-state index >= 15 is 0 Å². The van der Waals surface area contributed by atoms with E-state index in [1.165, 1.54) is 25.9 Å². The molecule has 2 unspecified atom stereocenters. The number of aromatic hydroxyl groups is 1. The monoisotopic (exact) mass is 439 g/mol. The first kappa shape index (κ1) is 21.4. The maximum atomic E-state index is 10.2. The van der Waals surface area contributed by atoms with E-state index in [1.807, 2.05) is 18.2 Å². The molecule has 4 aliphatic rings. The number of para-hydroxylation sites is 1. The molecule has 8 nitrogen and oxygen atoms in total. The minimum atomic E-state index is 0.187. The molecule has 0 amide bonds. The number of hydrogen-bond acceptors (Lipinski definition) is 8. The average molecular weight is 440 g/mol. The minimum Gasteiger partial charge on any atom is -0.507 e. The fourth-order valence-electron chi connectivity index (χ4n) is 5.86. The van der Waals surface area contributed by atoms with Gasteiger partial charge in [0.15, 0.2) is 0 Å². The van der Waals surface area contributed by atoms with Crippen LogP contribution in [0.4, 0.5) is 0 Å². The Kier molecular flexibility index (Phi) is 6.17. The number of piperazine rings is 1. The lowest BCUT2D eigenvalue weighted by Gasteiger charge is -2.42. The van der Waals surface area contributed by atoms with Crippen LogP contribution in [0.2, 0.25) is 0 Å². The van der Waals surface area contributed by atoms with E-state index in [-0.39, 0.29) is 5.75 Å². The standard InChI is InChI=1S/C24H37N7O/c25-21(20-3-1-2-4-23(20)32)14-22-24(26)28-15-18-13-19(16-31(18)22)30-11-9-29(10-12-30)17-5-7-27-8-6-17/h1-4,14,17-19,27-28,32H,5-13,15-16,25-26H2/b21-14-. The van der Waals surface area contributed by atoms with Crippen LogP contribution in [0.3, 0.4) is 0 Å². The molecule has 8 heteroatoms. The topological polar surface area (TPSA) is 106 Å². The van der Waals surface area contributed by atoms with Gasteiger partial charge in [0.25, 0.3) is 0 Å². The highest BCUT2D eigenvalue weighted by Crippen LogP contribution is 2.32. The summed E-state index contributed by atoms with van der Waals surface area (Å²) in [5.74, 6) is 0.850. The second-order valence-electron chi connectivity index (χ2n) is 9.55. The highest BCUT2D eigenvalue weighted by molar-refractivity contribution is 5.70. The smallest absolute Gasteiger partial charge is 0.124 e. The number of phenolic OH excluding ortho intramolecular Hbond substituents is 1. The van der Waals surface area contributed by atoms with Crippen LogP contribution in [-0.2, 0) is 0 Å². The Morgan fingerprint density at radius 1 is 1.00 bits per heavy atom. The van der Waals surface area contributed by atoms with Crippen LogP contribution in [0.25, 0.3) is 5.70 Å². The molecule has 0 radical (unpaired) electrons. The first-order valence-electron chi connectivity index (χ1n) is 12.0. The van der Waals surface area contributed by atoms with E-state index in [4.69, 9.17) is 11.5 Å². The van der Waals surface area contributed by atoms with Gasteiger partial charge in [0.2, 0.25) is 0 Å². The van der Waals surface area contributed by atoms with E-state index in [1.54, 1.807) is 12.1 Å². The van der Waals surface area contributed by atoms with Gasteiger partial charge in [-0.05, 0) is 50.6 Å². The maximum Gasteiger partial charge on any atom is 0.124 e. The molecule has 0 saturated carbocycles. The summed E-state index contributed by atoms with van der Waals surface area (Å²) in [6.07, 6.45) is 5.62. The van der Waals surface area contributed by atoms with Gasteiger partial charge in [0, 0.05) is 68.7 Å². The van der Waals surface area contributed by atoms with E-state index < -0.39 is 0 Å². The van der Waals surface area contributed by atoms with Crippen molar-refractivity contribution in [2.75, 3.05) is 52.4 Å². The van der Waals surface area contributed by atoms with Gasteiger partial charge in [-0.1, -0.05) is 12.1 Å². The van der Waals surface area contributed by atoms with Crippen molar-refractivity contribution in [2.45, 2.75) is 37.4 Å². The molecule has 0 spiro atoms. The molecule has 1 aromatic carbocycles. The van der Waals surface area contributed by atoms with E-state index in [0.717, 1.165) is 57.4 Å². The summed E-state index contributed by atoms with van der Waals surface area (Å²) in [5.41, 5.74) is 14.8. The van der Waals surface area contributed by atoms with E-state index in [2.05, 4.69) is 25.3 Å². The summed E-state index contributed by atoms with van der Waals surface area (Å²) in [6.45, 7) is 8.80. The van der Waals surface area contributed by atoms with Gasteiger partial charge in [-0.25, -0.2) is 0 Å². The molecule has 4 aliphatic heterocycles. The van der Waals surface area contributed by atoms with Gasteiger partial charge in [-0.2, -0.15) is 0 Å². The number of rotatable bonds is 4. The SMILES string of the molecule is NC1=C(/C=C(\N)c2ccccc2O)N2CC(N3CCN(C4CCNCC4)CC3)CC2CN1. The van der Waals surface area contributed by atoms with Crippen molar-refractivity contribution in [3.8, 4) is 5.75 Å². The number of nitrogens with zero attached hydrogens (tertiary/aromatic N) is 3. The summed E-state index contributed by atoms with van der Waals surface area (Å²) in [5, 5.41) is 17.0. The molecule has 32 heavy (non-hydrogen) atoms. The highest BCUT2D eigenvalue weighted by atomic mass is 16.3. The third-order valence-corrected chi connectivity index (χ3v) is 7.70. The van der Waals surface area contributed by atoms with Crippen LogP contribution in [0.15, 0.2) is 41.9 Å². The molecule has 2 atom stereocenters. The molecule has 174 valence electrons. The number of allylic oxidation sites excluding steroid dienone is 1. The fourth-order valence-corrected chi connectivity index (χ4v) is 5.86. The normalized spacial score (nSPS) is 28.6. The number of fused-ring (bicyclic) bond motifs is 1. The summed E-state index contributed by atoms with van der Waals surface area (Å²) in [4.78, 5) is 7.81. The Balaban J connectivity index is 1.25. The minimum absolute atomic E-state index is 0.187. The van der Waals surface area contributed by atoms with E-state index in [9.17, 15) is 5.11 Å². The Morgan fingerprint density at radius 2 is 1.69 bits per heavy atom. The molecule has 0 aliphatic carbocycles. The predicted molar refractivity (Wildman–Crippen MR) is 127 cm³/mol. The number of piperidine rings is 1. The molecule has 5 rings (SSSR count). The first-order chi connectivity index (χ1) is 15.6. The van der Waals surface area contributed by atoms with Crippen molar-refractivity contribution >= 4 is 5.70 Å². The quantitative estimate of drug-likeness (QED) is 0.454. The van der Waals surface area contributed by atoms with Crippen molar-refractivity contribution in [1.82, 2.24) is 25.3 Å². The van der Waals surface area contributed by atoms with Crippen molar-refractivity contribution in [1.29, 1.82) is 0 Å². The Labute approximate surface area is 190 Å². The van der Waals surface area contributed by atoms with Crippen LogP contribution in [-0.4, -0.2) is 90.3 Å². The van der Waals surface area contributed by atoms with Crippen molar-refractivity contribution < 1.29 is 5.11 Å². The van der Waals surface area contributed by atoms with Gasteiger partial charge in [0.05, 0.1) is 5.70 Å². The number of hydrogen-bond donors (Lipinski definition) is 5. The molecular formula is C24H37N7O. The molecule has 4 heterocycles. The van der Waals surface area contributed by atoms with Crippen LogP contribution < -0.4 is 22.1 Å². The van der Waals surface area contributed by atoms with Gasteiger partial charge in [-0.3, -0.25) is 9.80 Å². The second kappa shape index (κ2) is 9.21. The van der Waals surface area contributed by atoms with Gasteiger partial charge >= 0.3 is 0 Å². The maximum absolute atomic E-state index is 10.2. The number of nitrogens with two attached hydrogens (primary N) is 2. The third-order valence-electron chi connectivity index (χ3n) is 7.70. The Bertz CT molecular complexity index is 871. The van der Waals surface area contributed by atoms with Crippen molar-refractivity contribution in [3.63, 3.8) is 0 Å². The van der Waals surface area contributed by atoms with Gasteiger partial charge < -0.3 is 32.1 Å². The Morgan fingerprint density at radius 3 is 2.41 bits per heavy atom. The second-order valence-corrected chi connectivity index (χ2v) is 9.55. The molecule has 7 N–H and O–H groups in total. The van der Waals surface area contributed by atoms with Gasteiger partial charge in [-0.15, -0.1) is 0 Å². The van der Waals surface area contributed by atoms with Gasteiger partial charge in [0.1, 0.15) is 11.6 Å². The number of nitrogens with one attached hydrogen (secondary N) is 2. The molecule has 1 aromatic rings. The highest BCUT2D eigenvalue weighted by Gasteiger charge is 2.40. The first-order valence-corrected chi connectivity index (χ1v) is 12.0. The summed E-state index contributed by atoms with van der Waals surface area (Å²) >= 11 is 0. The molecule has 0 aromatic heterocycles. The predicted octanol–water partition coefficient (Wildman–Crippen LogP) is 0.235. The van der Waals surface area contributed by atoms with Crippen molar-refractivity contribution in [3.05, 3.63) is 47.4 Å². The zero-order chi connectivity index (χ0) is 22.1. The average Bonchev–Trinajstić information content (AvgIpc) is 3.26. The lowest BCUT2D eigenvalue weighted by Crippen LogP contribution is -2.55. The van der Waals surface area contributed by atoms with Crippen LogP contribution in [0.1, 0.15) is 24.8 Å².